The van der Waals surface area contributed by atoms with Gasteiger partial charge in [-0.05, 0) is 50.1 Å². The van der Waals surface area contributed by atoms with Gasteiger partial charge in [-0.1, -0.05) is 12.1 Å². The standard InChI is InChI=1S/C20H26N4O2/c1-14(2)23(4)19-9-8-16(13-22-19)12-21-17-6-5-7-18(15(17)3)24-10-11-26-20(24)25/h5-9,13-14,21H,10-12H2,1-4H3. The lowest BCUT2D eigenvalue weighted by molar-refractivity contribution is 0.181. The van der Waals surface area contributed by atoms with Crippen molar-refractivity contribution in [3.63, 3.8) is 0 Å². The maximum atomic E-state index is 11.8. The van der Waals surface area contributed by atoms with Gasteiger partial charge < -0.3 is 15.0 Å². The van der Waals surface area contributed by atoms with Gasteiger partial charge in [-0.25, -0.2) is 9.78 Å². The quantitative estimate of drug-likeness (QED) is 0.855. The van der Waals surface area contributed by atoms with Crippen LogP contribution in [0.2, 0.25) is 0 Å². The van der Waals surface area contributed by atoms with Crippen LogP contribution in [0.4, 0.5) is 22.0 Å². The summed E-state index contributed by atoms with van der Waals surface area (Å²) in [6, 6.07) is 10.5. The maximum absolute atomic E-state index is 11.8. The number of hydrogen-bond acceptors (Lipinski definition) is 5. The van der Waals surface area contributed by atoms with E-state index in [1.165, 1.54) is 0 Å². The number of amides is 1. The molecule has 0 radical (unpaired) electrons. The third-order valence-electron chi connectivity index (χ3n) is 4.78. The third-order valence-corrected chi connectivity index (χ3v) is 4.78. The van der Waals surface area contributed by atoms with E-state index < -0.39 is 0 Å². The molecule has 0 saturated carbocycles. The number of ether oxygens (including phenoxy) is 1. The molecule has 1 aliphatic heterocycles. The first-order valence-electron chi connectivity index (χ1n) is 8.93. The lowest BCUT2D eigenvalue weighted by atomic mass is 10.1. The minimum Gasteiger partial charge on any atom is -0.447 e. The van der Waals surface area contributed by atoms with Crippen LogP contribution in [0.3, 0.4) is 0 Å². The molecular weight excluding hydrogens is 328 g/mol. The monoisotopic (exact) mass is 354 g/mol. The average Bonchev–Trinajstić information content (AvgIpc) is 3.06. The molecule has 6 heteroatoms. The van der Waals surface area contributed by atoms with Crippen LogP contribution in [0.15, 0.2) is 36.5 Å². The van der Waals surface area contributed by atoms with E-state index in [4.69, 9.17) is 4.74 Å². The Morgan fingerprint density at radius 3 is 2.73 bits per heavy atom. The molecule has 1 fully saturated rings. The molecule has 2 aromatic rings. The van der Waals surface area contributed by atoms with Gasteiger partial charge in [0.1, 0.15) is 12.4 Å². The molecule has 1 aromatic heterocycles. The van der Waals surface area contributed by atoms with E-state index >= 15 is 0 Å². The molecule has 1 N–H and O–H groups in total. The lowest BCUT2D eigenvalue weighted by Gasteiger charge is -2.22. The fourth-order valence-corrected chi connectivity index (χ4v) is 2.91. The number of aromatic nitrogens is 1. The van der Waals surface area contributed by atoms with Gasteiger partial charge in [-0.3, -0.25) is 4.90 Å². The molecular formula is C20H26N4O2. The molecule has 1 aliphatic rings. The maximum Gasteiger partial charge on any atom is 0.414 e. The second-order valence-corrected chi connectivity index (χ2v) is 6.80. The Labute approximate surface area is 154 Å². The Morgan fingerprint density at radius 2 is 2.12 bits per heavy atom. The summed E-state index contributed by atoms with van der Waals surface area (Å²) >= 11 is 0. The normalized spacial score (nSPS) is 13.9. The van der Waals surface area contributed by atoms with E-state index in [1.807, 2.05) is 44.4 Å². The van der Waals surface area contributed by atoms with E-state index in [-0.39, 0.29) is 6.09 Å². The Kier molecular flexibility index (Phi) is 5.30. The van der Waals surface area contributed by atoms with Gasteiger partial charge in [-0.2, -0.15) is 0 Å². The Morgan fingerprint density at radius 1 is 1.31 bits per heavy atom. The van der Waals surface area contributed by atoms with Crippen molar-refractivity contribution in [3.8, 4) is 0 Å². The molecule has 0 unspecified atom stereocenters. The van der Waals surface area contributed by atoms with Gasteiger partial charge >= 0.3 is 6.09 Å². The average molecular weight is 354 g/mol. The zero-order chi connectivity index (χ0) is 18.7. The van der Waals surface area contributed by atoms with Crippen molar-refractivity contribution >= 4 is 23.3 Å². The molecule has 0 atom stereocenters. The molecule has 0 bridgehead atoms. The summed E-state index contributed by atoms with van der Waals surface area (Å²) < 4.78 is 5.05. The van der Waals surface area contributed by atoms with Crippen LogP contribution in [0.1, 0.15) is 25.0 Å². The highest BCUT2D eigenvalue weighted by Gasteiger charge is 2.25. The number of anilines is 3. The van der Waals surface area contributed by atoms with Crippen LogP contribution in [0.5, 0.6) is 0 Å². The molecule has 6 nitrogen and oxygen atoms in total. The third kappa shape index (κ3) is 3.74. The number of nitrogens with zero attached hydrogens (tertiary/aromatic N) is 3. The SMILES string of the molecule is Cc1c(NCc2ccc(N(C)C(C)C)nc2)cccc1N1CCOC1=O. The first-order valence-corrected chi connectivity index (χ1v) is 8.93. The van der Waals surface area contributed by atoms with Gasteiger partial charge in [-0.15, -0.1) is 0 Å². The minimum absolute atomic E-state index is 0.278. The second-order valence-electron chi connectivity index (χ2n) is 6.80. The van der Waals surface area contributed by atoms with Crippen LogP contribution >= 0.6 is 0 Å². The van der Waals surface area contributed by atoms with E-state index in [1.54, 1.807) is 4.90 Å². The molecule has 1 saturated heterocycles. The van der Waals surface area contributed by atoms with Gasteiger partial charge in [0.15, 0.2) is 0 Å². The zero-order valence-corrected chi connectivity index (χ0v) is 15.8. The van der Waals surface area contributed by atoms with Crippen LogP contribution in [-0.4, -0.2) is 37.3 Å². The minimum atomic E-state index is -0.278. The van der Waals surface area contributed by atoms with Crippen molar-refractivity contribution in [2.24, 2.45) is 0 Å². The molecule has 138 valence electrons. The van der Waals surface area contributed by atoms with E-state index in [9.17, 15) is 4.79 Å². The molecule has 0 spiro atoms. The van der Waals surface area contributed by atoms with Crippen molar-refractivity contribution in [3.05, 3.63) is 47.7 Å². The van der Waals surface area contributed by atoms with E-state index in [2.05, 4.69) is 35.1 Å². The largest absolute Gasteiger partial charge is 0.447 e. The highest BCUT2D eigenvalue weighted by molar-refractivity contribution is 5.91. The second kappa shape index (κ2) is 7.64. The van der Waals surface area contributed by atoms with Crippen LogP contribution < -0.4 is 15.1 Å². The summed E-state index contributed by atoms with van der Waals surface area (Å²) in [6.45, 7) is 8.01. The fraction of sp³-hybridized carbons (Fsp3) is 0.400. The number of rotatable bonds is 6. The number of carbonyl (C=O) groups excluding carboxylic acids is 1. The number of pyridine rings is 1. The van der Waals surface area contributed by atoms with Gasteiger partial charge in [0, 0.05) is 31.5 Å². The van der Waals surface area contributed by atoms with Crippen molar-refractivity contribution in [1.82, 2.24) is 4.98 Å². The first kappa shape index (κ1) is 18.0. The van der Waals surface area contributed by atoms with Gasteiger partial charge in [0.05, 0.1) is 12.2 Å². The zero-order valence-electron chi connectivity index (χ0n) is 15.8. The summed E-state index contributed by atoms with van der Waals surface area (Å²) in [4.78, 5) is 20.2. The van der Waals surface area contributed by atoms with Crippen molar-refractivity contribution < 1.29 is 9.53 Å². The Balaban J connectivity index is 1.69. The lowest BCUT2D eigenvalue weighted by Crippen LogP contribution is -2.26. The summed E-state index contributed by atoms with van der Waals surface area (Å²) in [5.41, 5.74) is 4.04. The number of cyclic esters (lactones) is 1. The number of hydrogen-bond donors (Lipinski definition) is 1. The van der Waals surface area contributed by atoms with E-state index in [0.717, 1.165) is 28.3 Å². The van der Waals surface area contributed by atoms with Gasteiger partial charge in [0.25, 0.3) is 0 Å². The van der Waals surface area contributed by atoms with Crippen molar-refractivity contribution in [2.75, 3.05) is 35.3 Å². The summed E-state index contributed by atoms with van der Waals surface area (Å²) in [6.07, 6.45) is 1.62. The van der Waals surface area contributed by atoms with Crippen LogP contribution in [-0.2, 0) is 11.3 Å². The van der Waals surface area contributed by atoms with Gasteiger partial charge in [0.2, 0.25) is 0 Å². The molecule has 1 amide bonds. The van der Waals surface area contributed by atoms with Crippen molar-refractivity contribution in [1.29, 1.82) is 0 Å². The number of nitrogens with one attached hydrogen (secondary N) is 1. The molecule has 0 aliphatic carbocycles. The van der Waals surface area contributed by atoms with Crippen LogP contribution in [0.25, 0.3) is 0 Å². The summed E-state index contributed by atoms with van der Waals surface area (Å²) in [5, 5.41) is 3.45. The van der Waals surface area contributed by atoms with Crippen LogP contribution in [0, 0.1) is 6.92 Å². The predicted octanol–water partition coefficient (Wildman–Crippen LogP) is 3.80. The summed E-state index contributed by atoms with van der Waals surface area (Å²) in [7, 11) is 2.04. The highest BCUT2D eigenvalue weighted by Crippen LogP contribution is 2.29. The summed E-state index contributed by atoms with van der Waals surface area (Å²) in [5.74, 6) is 0.967. The smallest absolute Gasteiger partial charge is 0.414 e. The Hall–Kier alpha value is -2.76. The highest BCUT2D eigenvalue weighted by atomic mass is 16.6. The number of carbonyl (C=O) groups is 1. The molecule has 1 aromatic carbocycles. The van der Waals surface area contributed by atoms with E-state index in [0.29, 0.717) is 25.7 Å². The predicted molar refractivity (Wildman–Crippen MR) is 105 cm³/mol. The molecule has 2 heterocycles. The molecule has 26 heavy (non-hydrogen) atoms. The Bertz CT molecular complexity index is 774. The molecule has 3 rings (SSSR count). The van der Waals surface area contributed by atoms with Crippen molar-refractivity contribution in [2.45, 2.75) is 33.4 Å². The topological polar surface area (TPSA) is 57.7 Å². The fourth-order valence-electron chi connectivity index (χ4n) is 2.91. The first-order chi connectivity index (χ1) is 12.5. The number of benzene rings is 1.